The van der Waals surface area contributed by atoms with Crippen LogP contribution in [0.5, 0.6) is 0 Å². The first-order valence-corrected chi connectivity index (χ1v) is 8.78. The van der Waals surface area contributed by atoms with Crippen molar-refractivity contribution in [1.82, 2.24) is 9.97 Å². The Morgan fingerprint density at radius 2 is 1.87 bits per heavy atom. The quantitative estimate of drug-likeness (QED) is 0.782. The highest BCUT2D eigenvalue weighted by atomic mass is 32.1. The summed E-state index contributed by atoms with van der Waals surface area (Å²) in [7, 11) is 0. The van der Waals surface area contributed by atoms with E-state index in [9.17, 15) is 5.11 Å². The van der Waals surface area contributed by atoms with Crippen molar-refractivity contribution in [2.75, 3.05) is 18.0 Å². The van der Waals surface area contributed by atoms with E-state index in [2.05, 4.69) is 46.1 Å². The highest BCUT2D eigenvalue weighted by Crippen LogP contribution is 2.40. The molecule has 1 N–H and O–H groups in total. The molecule has 1 aliphatic heterocycles. The molecule has 1 fully saturated rings. The Balaban J connectivity index is 1.82. The van der Waals surface area contributed by atoms with Crippen LogP contribution in [0, 0.1) is 6.92 Å². The molecule has 3 heterocycles. The summed E-state index contributed by atoms with van der Waals surface area (Å²) >= 11 is 1.73. The Kier molecular flexibility index (Phi) is 3.75. The first kappa shape index (κ1) is 14.6. The fourth-order valence-electron chi connectivity index (χ4n) is 3.24. The van der Waals surface area contributed by atoms with Gasteiger partial charge in [0.2, 0.25) is 0 Å². The number of aromatic nitrogens is 2. The number of benzene rings is 1. The zero-order chi connectivity index (χ0) is 15.8. The minimum absolute atomic E-state index is 0.174. The topological polar surface area (TPSA) is 49.2 Å². The lowest BCUT2D eigenvalue weighted by atomic mass is 10.1. The molecule has 1 aliphatic rings. The largest absolute Gasteiger partial charge is 0.393 e. The number of aliphatic hydroxyl groups is 1. The molecular weight excluding hydrogens is 306 g/mol. The van der Waals surface area contributed by atoms with E-state index in [1.807, 2.05) is 6.07 Å². The number of hydrogen-bond donors (Lipinski definition) is 1. The second kappa shape index (κ2) is 5.91. The lowest BCUT2D eigenvalue weighted by Gasteiger charge is -2.30. The summed E-state index contributed by atoms with van der Waals surface area (Å²) in [5, 5.41) is 10.9. The highest BCUT2D eigenvalue weighted by Gasteiger charge is 2.23. The van der Waals surface area contributed by atoms with Gasteiger partial charge >= 0.3 is 0 Å². The van der Waals surface area contributed by atoms with Crippen LogP contribution in [0.15, 0.2) is 36.7 Å². The minimum atomic E-state index is -0.174. The zero-order valence-corrected chi connectivity index (χ0v) is 13.9. The predicted molar refractivity (Wildman–Crippen MR) is 95.0 cm³/mol. The number of rotatable bonds is 2. The summed E-state index contributed by atoms with van der Waals surface area (Å²) in [5.41, 5.74) is 2.48. The van der Waals surface area contributed by atoms with E-state index in [1.165, 1.54) is 16.0 Å². The van der Waals surface area contributed by atoms with E-state index < -0.39 is 0 Å². The Morgan fingerprint density at radius 1 is 1.13 bits per heavy atom. The van der Waals surface area contributed by atoms with Crippen molar-refractivity contribution in [3.8, 4) is 10.4 Å². The lowest BCUT2D eigenvalue weighted by Crippen LogP contribution is -2.36. The molecule has 4 rings (SSSR count). The van der Waals surface area contributed by atoms with Gasteiger partial charge in [-0.25, -0.2) is 9.97 Å². The van der Waals surface area contributed by atoms with E-state index in [4.69, 9.17) is 0 Å². The summed E-state index contributed by atoms with van der Waals surface area (Å²) in [4.78, 5) is 13.6. The van der Waals surface area contributed by atoms with Crippen molar-refractivity contribution in [2.45, 2.75) is 25.9 Å². The number of thiophene rings is 1. The summed E-state index contributed by atoms with van der Waals surface area (Å²) < 4.78 is 0. The third-order valence-electron chi connectivity index (χ3n) is 4.51. The van der Waals surface area contributed by atoms with Gasteiger partial charge in [0.1, 0.15) is 17.0 Å². The number of anilines is 1. The molecule has 1 aromatic carbocycles. The van der Waals surface area contributed by atoms with E-state index >= 15 is 0 Å². The molecule has 1 saturated heterocycles. The number of nitrogens with zero attached hydrogens (tertiary/aromatic N) is 3. The van der Waals surface area contributed by atoms with Crippen LogP contribution in [-0.4, -0.2) is 34.3 Å². The van der Waals surface area contributed by atoms with Crippen LogP contribution in [-0.2, 0) is 0 Å². The first-order valence-electron chi connectivity index (χ1n) is 7.96. The standard InChI is InChI=1S/C18H19N3OS/c1-12-15-17(21-9-7-14(22)8-10-21)19-11-20-18(15)23-16(12)13-5-3-2-4-6-13/h2-6,11,14,22H,7-10H2,1H3. The van der Waals surface area contributed by atoms with Gasteiger partial charge in [0.25, 0.3) is 0 Å². The molecule has 0 radical (unpaired) electrons. The molecule has 0 spiro atoms. The van der Waals surface area contributed by atoms with Crippen LogP contribution in [0.4, 0.5) is 5.82 Å². The van der Waals surface area contributed by atoms with Crippen molar-refractivity contribution in [1.29, 1.82) is 0 Å². The van der Waals surface area contributed by atoms with Gasteiger partial charge in [-0.2, -0.15) is 0 Å². The molecule has 118 valence electrons. The fraction of sp³-hybridized carbons (Fsp3) is 0.333. The van der Waals surface area contributed by atoms with Gasteiger partial charge in [0.05, 0.1) is 11.5 Å². The molecule has 0 aliphatic carbocycles. The molecule has 3 aromatic rings. The van der Waals surface area contributed by atoms with E-state index in [1.54, 1.807) is 17.7 Å². The molecule has 0 atom stereocenters. The van der Waals surface area contributed by atoms with Crippen LogP contribution < -0.4 is 4.90 Å². The van der Waals surface area contributed by atoms with Crippen LogP contribution in [0.3, 0.4) is 0 Å². The Bertz CT molecular complexity index is 823. The number of fused-ring (bicyclic) bond motifs is 1. The summed E-state index contributed by atoms with van der Waals surface area (Å²) in [5.74, 6) is 1.01. The lowest BCUT2D eigenvalue weighted by molar-refractivity contribution is 0.145. The Morgan fingerprint density at radius 3 is 2.61 bits per heavy atom. The maximum absolute atomic E-state index is 9.74. The third kappa shape index (κ3) is 2.60. The van der Waals surface area contributed by atoms with Crippen molar-refractivity contribution >= 4 is 27.4 Å². The smallest absolute Gasteiger partial charge is 0.141 e. The second-order valence-electron chi connectivity index (χ2n) is 6.02. The molecule has 23 heavy (non-hydrogen) atoms. The molecule has 0 saturated carbocycles. The summed E-state index contributed by atoms with van der Waals surface area (Å²) in [6.07, 6.45) is 3.10. The minimum Gasteiger partial charge on any atom is -0.393 e. The van der Waals surface area contributed by atoms with Crippen molar-refractivity contribution < 1.29 is 5.11 Å². The van der Waals surface area contributed by atoms with Crippen LogP contribution >= 0.6 is 11.3 Å². The molecular formula is C18H19N3OS. The molecule has 0 amide bonds. The van der Waals surface area contributed by atoms with Gasteiger partial charge < -0.3 is 10.0 Å². The fourth-order valence-corrected chi connectivity index (χ4v) is 4.38. The zero-order valence-electron chi connectivity index (χ0n) is 13.1. The Labute approximate surface area is 139 Å². The number of piperidine rings is 1. The molecule has 5 heteroatoms. The van der Waals surface area contributed by atoms with Crippen LogP contribution in [0.25, 0.3) is 20.7 Å². The average molecular weight is 325 g/mol. The SMILES string of the molecule is Cc1c(-c2ccccc2)sc2ncnc(N3CCC(O)CC3)c12. The molecule has 4 nitrogen and oxygen atoms in total. The summed E-state index contributed by atoms with van der Waals surface area (Å²) in [6, 6.07) is 10.5. The van der Waals surface area contributed by atoms with Gasteiger partial charge in [-0.15, -0.1) is 11.3 Å². The van der Waals surface area contributed by atoms with Gasteiger partial charge in [-0.1, -0.05) is 30.3 Å². The van der Waals surface area contributed by atoms with E-state index in [0.29, 0.717) is 0 Å². The predicted octanol–water partition coefficient (Wildman–Crippen LogP) is 3.63. The van der Waals surface area contributed by atoms with Gasteiger partial charge in [-0.3, -0.25) is 0 Å². The van der Waals surface area contributed by atoms with Crippen molar-refractivity contribution in [3.63, 3.8) is 0 Å². The monoisotopic (exact) mass is 325 g/mol. The maximum Gasteiger partial charge on any atom is 0.141 e. The van der Waals surface area contributed by atoms with E-state index in [-0.39, 0.29) is 6.10 Å². The van der Waals surface area contributed by atoms with Gasteiger partial charge in [-0.05, 0) is 30.9 Å². The average Bonchev–Trinajstić information content (AvgIpc) is 2.94. The number of hydrogen-bond acceptors (Lipinski definition) is 5. The second-order valence-corrected chi connectivity index (χ2v) is 7.02. The van der Waals surface area contributed by atoms with Crippen molar-refractivity contribution in [2.24, 2.45) is 0 Å². The first-order chi connectivity index (χ1) is 11.2. The van der Waals surface area contributed by atoms with Crippen molar-refractivity contribution in [3.05, 3.63) is 42.2 Å². The molecule has 0 unspecified atom stereocenters. The van der Waals surface area contributed by atoms with Gasteiger partial charge in [0.15, 0.2) is 0 Å². The number of aliphatic hydroxyl groups excluding tert-OH is 1. The van der Waals surface area contributed by atoms with E-state index in [0.717, 1.165) is 42.0 Å². The maximum atomic E-state index is 9.74. The normalized spacial score (nSPS) is 16.2. The molecule has 2 aromatic heterocycles. The summed E-state index contributed by atoms with van der Waals surface area (Å²) in [6.45, 7) is 3.86. The van der Waals surface area contributed by atoms with Gasteiger partial charge in [0, 0.05) is 18.0 Å². The number of aryl methyl sites for hydroxylation is 1. The molecule has 0 bridgehead atoms. The van der Waals surface area contributed by atoms with Crippen LogP contribution in [0.2, 0.25) is 0 Å². The highest BCUT2D eigenvalue weighted by molar-refractivity contribution is 7.22. The Hall–Kier alpha value is -1.98. The van der Waals surface area contributed by atoms with Crippen LogP contribution in [0.1, 0.15) is 18.4 Å². The third-order valence-corrected chi connectivity index (χ3v) is 5.76.